The number of hydrogen-bond donors (Lipinski definition) is 2. The van der Waals surface area contributed by atoms with Gasteiger partial charge >= 0.3 is 6.18 Å². The van der Waals surface area contributed by atoms with E-state index >= 15 is 0 Å². The number of benzene rings is 1. The van der Waals surface area contributed by atoms with Crippen LogP contribution < -0.4 is 14.8 Å². The Kier molecular flexibility index (Phi) is 6.62. The second-order valence-electron chi connectivity index (χ2n) is 5.60. The summed E-state index contributed by atoms with van der Waals surface area (Å²) in [4.78, 5) is 8.24. The number of aliphatic hydroxyl groups excluding tert-OH is 1. The predicted molar refractivity (Wildman–Crippen MR) is 89.3 cm³/mol. The van der Waals surface area contributed by atoms with Gasteiger partial charge in [-0.2, -0.15) is 23.1 Å². The lowest BCUT2D eigenvalue weighted by Gasteiger charge is -2.16. The summed E-state index contributed by atoms with van der Waals surface area (Å²) in [5.41, 5.74) is -0.000194. The van der Waals surface area contributed by atoms with Crippen molar-refractivity contribution in [2.45, 2.75) is 12.6 Å². The van der Waals surface area contributed by atoms with Crippen molar-refractivity contribution < 1.29 is 27.8 Å². The van der Waals surface area contributed by atoms with Crippen molar-refractivity contribution in [2.75, 3.05) is 32.7 Å². The number of nitrogens with one attached hydrogen (secondary N) is 1. The minimum absolute atomic E-state index is 0.144. The van der Waals surface area contributed by atoms with Crippen molar-refractivity contribution in [3.8, 4) is 11.8 Å². The van der Waals surface area contributed by atoms with E-state index in [2.05, 4.69) is 15.3 Å². The molecule has 0 saturated heterocycles. The van der Waals surface area contributed by atoms with Gasteiger partial charge in [-0.1, -0.05) is 12.1 Å². The van der Waals surface area contributed by atoms with Crippen LogP contribution in [-0.4, -0.2) is 42.4 Å². The fourth-order valence-electron chi connectivity index (χ4n) is 2.29. The molecule has 1 atom stereocenters. The van der Waals surface area contributed by atoms with Crippen LogP contribution in [0.5, 0.6) is 11.8 Å². The third kappa shape index (κ3) is 5.48. The van der Waals surface area contributed by atoms with Gasteiger partial charge in [0.2, 0.25) is 17.7 Å². The summed E-state index contributed by atoms with van der Waals surface area (Å²) in [6, 6.07) is 6.42. The fourth-order valence-corrected chi connectivity index (χ4v) is 2.29. The molecule has 26 heavy (non-hydrogen) atoms. The molecular weight excluding hydrogens is 351 g/mol. The maximum absolute atomic E-state index is 12.6. The number of methoxy groups -OCH3 is 2. The highest BCUT2D eigenvalue weighted by Crippen LogP contribution is 2.29. The van der Waals surface area contributed by atoms with Crippen molar-refractivity contribution in [1.29, 1.82) is 0 Å². The third-order valence-corrected chi connectivity index (χ3v) is 3.71. The Balaban J connectivity index is 1.99. The van der Waals surface area contributed by atoms with Crippen LogP contribution in [0.1, 0.15) is 11.1 Å². The van der Waals surface area contributed by atoms with Gasteiger partial charge in [-0.25, -0.2) is 0 Å². The van der Waals surface area contributed by atoms with Crippen molar-refractivity contribution in [1.82, 2.24) is 9.97 Å². The molecule has 0 spiro atoms. The average Bonchev–Trinajstić information content (AvgIpc) is 2.64. The second-order valence-corrected chi connectivity index (χ2v) is 5.60. The molecule has 9 heteroatoms. The lowest BCUT2D eigenvalue weighted by molar-refractivity contribution is -0.137. The topological polar surface area (TPSA) is 76.5 Å². The molecule has 0 aliphatic heterocycles. The highest BCUT2D eigenvalue weighted by Gasteiger charge is 2.30. The molecule has 0 amide bonds. The first-order valence-corrected chi connectivity index (χ1v) is 7.83. The molecule has 0 saturated carbocycles. The van der Waals surface area contributed by atoms with E-state index in [-0.39, 0.29) is 18.5 Å². The maximum atomic E-state index is 12.6. The van der Waals surface area contributed by atoms with E-state index in [4.69, 9.17) is 9.47 Å². The van der Waals surface area contributed by atoms with Crippen LogP contribution in [0.2, 0.25) is 0 Å². The Morgan fingerprint density at radius 2 is 1.65 bits per heavy atom. The van der Waals surface area contributed by atoms with E-state index in [9.17, 15) is 18.3 Å². The summed E-state index contributed by atoms with van der Waals surface area (Å²) in [5.74, 6) is 0.685. The molecule has 1 aromatic carbocycles. The Morgan fingerprint density at radius 1 is 1.08 bits per heavy atom. The van der Waals surface area contributed by atoms with E-state index in [1.54, 1.807) is 0 Å². The SMILES string of the molecule is COc1cc(OC)nc(NCC(CO)Cc2ccc(C(F)(F)F)cc2)n1. The van der Waals surface area contributed by atoms with Gasteiger partial charge in [-0.05, 0) is 24.1 Å². The number of anilines is 1. The Hall–Kier alpha value is -2.55. The highest BCUT2D eigenvalue weighted by atomic mass is 19.4. The van der Waals surface area contributed by atoms with Crippen LogP contribution in [0.15, 0.2) is 30.3 Å². The van der Waals surface area contributed by atoms with Gasteiger partial charge in [-0.15, -0.1) is 0 Å². The smallest absolute Gasteiger partial charge is 0.416 e. The lowest BCUT2D eigenvalue weighted by Crippen LogP contribution is -2.21. The van der Waals surface area contributed by atoms with Crippen molar-refractivity contribution >= 4 is 5.95 Å². The van der Waals surface area contributed by atoms with Crippen molar-refractivity contribution in [3.05, 3.63) is 41.5 Å². The minimum Gasteiger partial charge on any atom is -0.481 e. The van der Waals surface area contributed by atoms with Crippen molar-refractivity contribution in [3.63, 3.8) is 0 Å². The summed E-state index contributed by atoms with van der Waals surface area (Å²) < 4.78 is 47.9. The van der Waals surface area contributed by atoms with Gasteiger partial charge in [0.25, 0.3) is 0 Å². The summed E-state index contributed by atoms with van der Waals surface area (Å²) >= 11 is 0. The lowest BCUT2D eigenvalue weighted by atomic mass is 9.99. The van der Waals surface area contributed by atoms with Crippen LogP contribution in [0, 0.1) is 5.92 Å². The number of hydrogen-bond acceptors (Lipinski definition) is 6. The number of alkyl halides is 3. The highest BCUT2D eigenvalue weighted by molar-refractivity contribution is 5.33. The normalized spacial score (nSPS) is 12.5. The summed E-state index contributed by atoms with van der Waals surface area (Å²) in [7, 11) is 2.93. The molecule has 2 rings (SSSR count). The summed E-state index contributed by atoms with van der Waals surface area (Å²) in [6.45, 7) is 0.184. The summed E-state index contributed by atoms with van der Waals surface area (Å²) in [5, 5.41) is 12.5. The molecule has 6 nitrogen and oxygen atoms in total. The van der Waals surface area contributed by atoms with E-state index in [1.807, 2.05) is 0 Å². The Labute approximate surface area is 149 Å². The van der Waals surface area contributed by atoms with Gasteiger partial charge in [0.1, 0.15) is 0 Å². The Morgan fingerprint density at radius 3 is 2.12 bits per heavy atom. The number of aliphatic hydroxyl groups is 1. The number of halogens is 3. The number of ether oxygens (including phenoxy) is 2. The molecule has 1 aromatic heterocycles. The van der Waals surface area contributed by atoms with Crippen LogP contribution in [0.4, 0.5) is 19.1 Å². The molecule has 0 bridgehead atoms. The number of rotatable bonds is 8. The first-order valence-electron chi connectivity index (χ1n) is 7.83. The monoisotopic (exact) mass is 371 g/mol. The van der Waals surface area contributed by atoms with Gasteiger partial charge in [0, 0.05) is 19.1 Å². The molecule has 1 unspecified atom stereocenters. The minimum atomic E-state index is -4.36. The molecule has 0 radical (unpaired) electrons. The quantitative estimate of drug-likeness (QED) is 0.743. The van der Waals surface area contributed by atoms with Crippen molar-refractivity contribution in [2.24, 2.45) is 5.92 Å². The molecular formula is C17H20F3N3O3. The van der Waals surface area contributed by atoms with E-state index in [1.165, 1.54) is 32.4 Å². The number of aromatic nitrogens is 2. The Bertz CT molecular complexity index is 686. The van der Waals surface area contributed by atoms with Gasteiger partial charge in [-0.3, -0.25) is 0 Å². The van der Waals surface area contributed by atoms with Gasteiger partial charge in [0.05, 0.1) is 25.8 Å². The molecule has 142 valence electrons. The van der Waals surface area contributed by atoms with E-state index < -0.39 is 11.7 Å². The fraction of sp³-hybridized carbons (Fsp3) is 0.412. The zero-order chi connectivity index (χ0) is 19.2. The average molecular weight is 371 g/mol. The molecule has 0 aliphatic carbocycles. The van der Waals surface area contributed by atoms with Gasteiger partial charge < -0.3 is 19.9 Å². The molecule has 0 aliphatic rings. The molecule has 0 fully saturated rings. The zero-order valence-corrected chi connectivity index (χ0v) is 14.4. The second kappa shape index (κ2) is 8.70. The summed E-state index contributed by atoms with van der Waals surface area (Å²) in [6.07, 6.45) is -3.96. The van der Waals surface area contributed by atoms with Crippen LogP contribution in [0.25, 0.3) is 0 Å². The van der Waals surface area contributed by atoms with E-state index in [0.29, 0.717) is 30.3 Å². The molecule has 2 N–H and O–H groups in total. The van der Waals surface area contributed by atoms with Crippen LogP contribution >= 0.6 is 0 Å². The first kappa shape index (κ1) is 19.8. The van der Waals surface area contributed by atoms with E-state index in [0.717, 1.165) is 12.1 Å². The largest absolute Gasteiger partial charge is 0.481 e. The van der Waals surface area contributed by atoms with Gasteiger partial charge in [0.15, 0.2) is 0 Å². The first-order chi connectivity index (χ1) is 12.4. The zero-order valence-electron chi connectivity index (χ0n) is 14.4. The number of nitrogens with zero attached hydrogens (tertiary/aromatic N) is 2. The standard InChI is InChI=1S/C17H20F3N3O3/c1-25-14-8-15(26-2)23-16(22-14)21-9-12(10-24)7-11-3-5-13(6-4-11)17(18,19)20/h3-6,8,12,24H,7,9-10H2,1-2H3,(H,21,22,23). The molecule has 1 heterocycles. The van der Waals surface area contributed by atoms with Crippen LogP contribution in [0.3, 0.4) is 0 Å². The third-order valence-electron chi connectivity index (χ3n) is 3.71. The molecule has 2 aromatic rings. The van der Waals surface area contributed by atoms with Crippen LogP contribution in [-0.2, 0) is 12.6 Å². The maximum Gasteiger partial charge on any atom is 0.416 e. The predicted octanol–water partition coefficient (Wildman–Crippen LogP) is 2.78.